The second-order valence-corrected chi connectivity index (χ2v) is 2.45. The zero-order chi connectivity index (χ0) is 8.97. The van der Waals surface area contributed by atoms with Crippen LogP contribution in [0, 0.1) is 6.92 Å². The number of hydrogen-bond acceptors (Lipinski definition) is 3. The number of aromatic nitrogens is 1. The molecule has 0 saturated carbocycles. The molecule has 0 spiro atoms. The predicted octanol–water partition coefficient (Wildman–Crippen LogP) is 1.71. The number of pyridine rings is 1. The first kappa shape index (κ1) is 8.71. The van der Waals surface area contributed by atoms with Crippen LogP contribution in [0.1, 0.15) is 18.9 Å². The van der Waals surface area contributed by atoms with Crippen molar-refractivity contribution in [3.05, 3.63) is 23.9 Å². The summed E-state index contributed by atoms with van der Waals surface area (Å²) in [6.45, 7) is 3.60. The fourth-order valence-electron chi connectivity index (χ4n) is 0.758. The van der Waals surface area contributed by atoms with Crippen LogP contribution in [-0.2, 0) is 4.79 Å². The lowest BCUT2D eigenvalue weighted by Crippen LogP contribution is -2.07. The Balaban J connectivity index is 2.75. The van der Waals surface area contributed by atoms with E-state index in [0.29, 0.717) is 12.3 Å². The lowest BCUT2D eigenvalue weighted by atomic mass is 10.3. The average molecular weight is 165 g/mol. The van der Waals surface area contributed by atoms with Crippen molar-refractivity contribution in [1.29, 1.82) is 0 Å². The van der Waals surface area contributed by atoms with Crippen molar-refractivity contribution in [2.45, 2.75) is 20.3 Å². The minimum absolute atomic E-state index is 0.253. The highest BCUT2D eigenvalue weighted by molar-refractivity contribution is 5.71. The maximum Gasteiger partial charge on any atom is 0.312 e. The summed E-state index contributed by atoms with van der Waals surface area (Å²) in [5.74, 6) is 0.154. The fraction of sp³-hybridized carbons (Fsp3) is 0.333. The summed E-state index contributed by atoms with van der Waals surface area (Å²) in [4.78, 5) is 14.8. The minimum Gasteiger partial charge on any atom is -0.407 e. The van der Waals surface area contributed by atoms with Gasteiger partial charge in [-0.05, 0) is 13.0 Å². The molecular formula is C9H11NO2. The molecule has 3 nitrogen and oxygen atoms in total. The van der Waals surface area contributed by atoms with Gasteiger partial charge in [0.05, 0.1) is 0 Å². The van der Waals surface area contributed by atoms with Crippen LogP contribution in [0.25, 0.3) is 0 Å². The van der Waals surface area contributed by atoms with E-state index < -0.39 is 0 Å². The van der Waals surface area contributed by atoms with E-state index >= 15 is 0 Å². The molecule has 12 heavy (non-hydrogen) atoms. The van der Waals surface area contributed by atoms with E-state index in [1.807, 2.05) is 13.0 Å². The van der Waals surface area contributed by atoms with Gasteiger partial charge >= 0.3 is 5.97 Å². The van der Waals surface area contributed by atoms with Crippen LogP contribution in [0.3, 0.4) is 0 Å². The van der Waals surface area contributed by atoms with Gasteiger partial charge in [0.25, 0.3) is 0 Å². The standard InChI is InChI=1S/C9H11NO2/c1-3-8(11)12-9-7(2)5-4-6-10-9/h4-6H,3H2,1-2H3. The van der Waals surface area contributed by atoms with Crippen LogP contribution in [0.4, 0.5) is 0 Å². The minimum atomic E-state index is -0.253. The summed E-state index contributed by atoms with van der Waals surface area (Å²) < 4.78 is 4.94. The fourth-order valence-corrected chi connectivity index (χ4v) is 0.758. The van der Waals surface area contributed by atoms with E-state index in [4.69, 9.17) is 4.74 Å². The number of nitrogens with zero attached hydrogens (tertiary/aromatic N) is 1. The number of ether oxygens (including phenoxy) is 1. The topological polar surface area (TPSA) is 39.2 Å². The van der Waals surface area contributed by atoms with Crippen molar-refractivity contribution >= 4 is 5.97 Å². The Bertz CT molecular complexity index is 284. The zero-order valence-electron chi connectivity index (χ0n) is 7.20. The molecule has 0 bridgehead atoms. The number of rotatable bonds is 2. The highest BCUT2D eigenvalue weighted by atomic mass is 16.5. The van der Waals surface area contributed by atoms with Crippen LogP contribution >= 0.6 is 0 Å². The number of carbonyl (C=O) groups excluding carboxylic acids is 1. The summed E-state index contributed by atoms with van der Waals surface area (Å²) in [7, 11) is 0. The van der Waals surface area contributed by atoms with Gasteiger partial charge in [0.2, 0.25) is 5.88 Å². The van der Waals surface area contributed by atoms with Crippen LogP contribution in [0.15, 0.2) is 18.3 Å². The number of hydrogen-bond donors (Lipinski definition) is 0. The molecule has 0 fully saturated rings. The highest BCUT2D eigenvalue weighted by Crippen LogP contribution is 2.12. The summed E-state index contributed by atoms with van der Waals surface area (Å²) in [5.41, 5.74) is 0.874. The van der Waals surface area contributed by atoms with Gasteiger partial charge in [-0.25, -0.2) is 4.98 Å². The van der Waals surface area contributed by atoms with Crippen molar-refractivity contribution in [2.75, 3.05) is 0 Å². The zero-order valence-corrected chi connectivity index (χ0v) is 7.20. The largest absolute Gasteiger partial charge is 0.407 e. The van der Waals surface area contributed by atoms with Crippen LogP contribution in [0.5, 0.6) is 5.88 Å². The molecule has 3 heteroatoms. The van der Waals surface area contributed by atoms with Crippen LogP contribution < -0.4 is 4.74 Å². The van der Waals surface area contributed by atoms with Crippen LogP contribution in [-0.4, -0.2) is 11.0 Å². The summed E-state index contributed by atoms with van der Waals surface area (Å²) in [5, 5.41) is 0. The summed E-state index contributed by atoms with van der Waals surface area (Å²) in [6, 6.07) is 3.66. The molecule has 0 aromatic carbocycles. The van der Waals surface area contributed by atoms with Crippen molar-refractivity contribution in [3.8, 4) is 5.88 Å². The molecule has 0 atom stereocenters. The number of aryl methyl sites for hydroxylation is 1. The first-order valence-electron chi connectivity index (χ1n) is 3.86. The van der Waals surface area contributed by atoms with Crippen LogP contribution in [0.2, 0.25) is 0 Å². The predicted molar refractivity (Wildman–Crippen MR) is 44.9 cm³/mol. The second-order valence-electron chi connectivity index (χ2n) is 2.45. The molecule has 0 radical (unpaired) electrons. The molecule has 0 amide bonds. The molecule has 1 aromatic rings. The van der Waals surface area contributed by atoms with E-state index in [0.717, 1.165) is 5.56 Å². The summed E-state index contributed by atoms with van der Waals surface area (Å²) in [6.07, 6.45) is 1.97. The van der Waals surface area contributed by atoms with E-state index in [1.165, 1.54) is 0 Å². The van der Waals surface area contributed by atoms with Crippen molar-refractivity contribution in [2.24, 2.45) is 0 Å². The van der Waals surface area contributed by atoms with Gasteiger partial charge in [0.1, 0.15) is 0 Å². The summed E-state index contributed by atoms with van der Waals surface area (Å²) >= 11 is 0. The van der Waals surface area contributed by atoms with Crippen molar-refractivity contribution in [1.82, 2.24) is 4.98 Å². The SMILES string of the molecule is CCC(=O)Oc1ncccc1C. The smallest absolute Gasteiger partial charge is 0.312 e. The second kappa shape index (κ2) is 3.85. The van der Waals surface area contributed by atoms with Gasteiger partial charge in [0.15, 0.2) is 0 Å². The maximum atomic E-state index is 10.9. The van der Waals surface area contributed by atoms with Gasteiger partial charge in [-0.15, -0.1) is 0 Å². The third-order valence-electron chi connectivity index (χ3n) is 1.46. The van der Waals surface area contributed by atoms with Crippen molar-refractivity contribution in [3.63, 3.8) is 0 Å². The van der Waals surface area contributed by atoms with Gasteiger partial charge in [-0.1, -0.05) is 13.0 Å². The van der Waals surface area contributed by atoms with Gasteiger partial charge in [-0.2, -0.15) is 0 Å². The highest BCUT2D eigenvalue weighted by Gasteiger charge is 2.04. The third kappa shape index (κ3) is 2.05. The Morgan fingerprint density at radius 3 is 3.00 bits per heavy atom. The first-order chi connectivity index (χ1) is 5.74. The third-order valence-corrected chi connectivity index (χ3v) is 1.46. The monoisotopic (exact) mass is 165 g/mol. The van der Waals surface area contributed by atoms with Gasteiger partial charge < -0.3 is 4.74 Å². The number of esters is 1. The Morgan fingerprint density at radius 1 is 1.67 bits per heavy atom. The Hall–Kier alpha value is -1.38. The molecule has 0 unspecified atom stereocenters. The van der Waals surface area contributed by atoms with Crippen molar-refractivity contribution < 1.29 is 9.53 Å². The lowest BCUT2D eigenvalue weighted by molar-refractivity contribution is -0.134. The molecule has 0 saturated heterocycles. The van der Waals surface area contributed by atoms with E-state index in [2.05, 4.69) is 4.98 Å². The Kier molecular flexibility index (Phi) is 2.80. The molecule has 0 aliphatic carbocycles. The molecular weight excluding hydrogens is 154 g/mol. The Labute approximate surface area is 71.4 Å². The lowest BCUT2D eigenvalue weighted by Gasteiger charge is -2.02. The Morgan fingerprint density at radius 2 is 2.42 bits per heavy atom. The molecule has 1 rings (SSSR count). The number of carbonyl (C=O) groups is 1. The van der Waals surface area contributed by atoms with E-state index in [1.54, 1.807) is 19.2 Å². The quantitative estimate of drug-likeness (QED) is 0.626. The molecule has 1 aromatic heterocycles. The maximum absolute atomic E-state index is 10.9. The molecule has 64 valence electrons. The molecule has 0 aliphatic rings. The normalized spacial score (nSPS) is 9.50. The molecule has 0 aliphatic heterocycles. The molecule has 1 heterocycles. The van der Waals surface area contributed by atoms with Gasteiger partial charge in [0, 0.05) is 18.2 Å². The van der Waals surface area contributed by atoms with E-state index in [9.17, 15) is 4.79 Å². The average Bonchev–Trinajstić information content (AvgIpc) is 2.09. The first-order valence-corrected chi connectivity index (χ1v) is 3.86. The molecule has 0 N–H and O–H groups in total. The van der Waals surface area contributed by atoms with Gasteiger partial charge in [-0.3, -0.25) is 4.79 Å². The van der Waals surface area contributed by atoms with E-state index in [-0.39, 0.29) is 5.97 Å².